The molecule has 2 fully saturated rings. The van der Waals surface area contributed by atoms with Crippen molar-refractivity contribution in [2.24, 2.45) is 0 Å². The minimum atomic E-state index is -0.814. The summed E-state index contributed by atoms with van der Waals surface area (Å²) < 4.78 is 30.7. The number of aryl methyl sites for hydroxylation is 1. The van der Waals surface area contributed by atoms with Crippen molar-refractivity contribution in [1.82, 2.24) is 5.32 Å². The average molecular weight is 597 g/mol. The molecule has 2 unspecified atom stereocenters. The molecule has 1 amide bonds. The summed E-state index contributed by atoms with van der Waals surface area (Å²) in [5, 5.41) is 21.7. The molecule has 0 aromatic heterocycles. The van der Waals surface area contributed by atoms with Gasteiger partial charge in [0.15, 0.2) is 0 Å². The van der Waals surface area contributed by atoms with Crippen LogP contribution < -0.4 is 10.2 Å². The van der Waals surface area contributed by atoms with E-state index in [1.165, 1.54) is 29.8 Å². The number of ether oxygens (including phenoxy) is 1. The summed E-state index contributed by atoms with van der Waals surface area (Å²) in [6, 6.07) is 20.1. The molecule has 3 aromatic carbocycles. The number of benzene rings is 3. The third-order valence-electron chi connectivity index (χ3n) is 7.45. The SMILES string of the molecule is CC.CCC(O)c1ccc(F)cc1.O=C(O)CC1(NCCCc2ccc(C3CC(=O)N3c3ccc(F)cc3)cc2)COC1. The first-order valence-electron chi connectivity index (χ1n) is 14.8. The van der Waals surface area contributed by atoms with E-state index in [0.717, 1.165) is 30.5 Å². The quantitative estimate of drug-likeness (QED) is 0.176. The number of aliphatic hydroxyl groups excluding tert-OH is 1. The van der Waals surface area contributed by atoms with Crippen LogP contribution in [-0.2, 0) is 20.7 Å². The van der Waals surface area contributed by atoms with E-state index in [1.54, 1.807) is 29.2 Å². The Morgan fingerprint density at radius 2 is 1.58 bits per heavy atom. The van der Waals surface area contributed by atoms with Crippen LogP contribution in [0.5, 0.6) is 0 Å². The van der Waals surface area contributed by atoms with Gasteiger partial charge in [0.25, 0.3) is 0 Å². The topological polar surface area (TPSA) is 99.1 Å². The lowest BCUT2D eigenvalue weighted by atomic mass is 9.91. The first-order valence-corrected chi connectivity index (χ1v) is 14.8. The van der Waals surface area contributed by atoms with Crippen LogP contribution in [0.1, 0.15) is 75.3 Å². The molecule has 43 heavy (non-hydrogen) atoms. The molecule has 0 spiro atoms. The molecule has 3 N–H and O–H groups in total. The molecule has 2 aliphatic heterocycles. The molecule has 5 rings (SSSR count). The molecule has 232 valence electrons. The van der Waals surface area contributed by atoms with E-state index >= 15 is 0 Å². The van der Waals surface area contributed by atoms with E-state index in [-0.39, 0.29) is 30.0 Å². The Kier molecular flexibility index (Phi) is 12.8. The molecule has 2 saturated heterocycles. The molecule has 7 nitrogen and oxygen atoms in total. The summed E-state index contributed by atoms with van der Waals surface area (Å²) in [4.78, 5) is 24.8. The normalized spacial score (nSPS) is 17.3. The number of hydrogen-bond acceptors (Lipinski definition) is 5. The van der Waals surface area contributed by atoms with Gasteiger partial charge in [0, 0.05) is 5.69 Å². The first-order chi connectivity index (χ1) is 20.7. The minimum Gasteiger partial charge on any atom is -0.481 e. The van der Waals surface area contributed by atoms with Crippen LogP contribution in [0.15, 0.2) is 72.8 Å². The molecular formula is C34H42F2N2O5. The number of anilines is 1. The third-order valence-corrected chi connectivity index (χ3v) is 7.45. The van der Waals surface area contributed by atoms with Gasteiger partial charge in [-0.2, -0.15) is 0 Å². The summed E-state index contributed by atoms with van der Waals surface area (Å²) in [7, 11) is 0. The van der Waals surface area contributed by atoms with Crippen LogP contribution in [-0.4, -0.2) is 47.4 Å². The van der Waals surface area contributed by atoms with Gasteiger partial charge in [-0.15, -0.1) is 0 Å². The molecule has 0 bridgehead atoms. The lowest BCUT2D eigenvalue weighted by molar-refractivity contribution is -0.146. The summed E-state index contributed by atoms with van der Waals surface area (Å²) in [5.74, 6) is -1.36. The zero-order valence-corrected chi connectivity index (χ0v) is 25.1. The highest BCUT2D eigenvalue weighted by atomic mass is 19.1. The lowest BCUT2D eigenvalue weighted by Crippen LogP contribution is -2.61. The van der Waals surface area contributed by atoms with Crippen molar-refractivity contribution in [2.45, 2.75) is 70.6 Å². The second-order valence-corrected chi connectivity index (χ2v) is 10.6. The number of amides is 1. The largest absolute Gasteiger partial charge is 0.481 e. The molecule has 2 heterocycles. The predicted octanol–water partition coefficient (Wildman–Crippen LogP) is 6.36. The van der Waals surface area contributed by atoms with Gasteiger partial charge in [0.2, 0.25) is 5.91 Å². The van der Waals surface area contributed by atoms with Gasteiger partial charge in [0.1, 0.15) is 11.6 Å². The Labute approximate surface area is 252 Å². The van der Waals surface area contributed by atoms with Crippen LogP contribution in [0, 0.1) is 11.6 Å². The highest BCUT2D eigenvalue weighted by Gasteiger charge is 2.40. The van der Waals surface area contributed by atoms with E-state index in [0.29, 0.717) is 31.7 Å². The van der Waals surface area contributed by atoms with Gasteiger partial charge in [-0.1, -0.05) is 57.2 Å². The van der Waals surface area contributed by atoms with Gasteiger partial charge < -0.3 is 25.2 Å². The fourth-order valence-electron chi connectivity index (χ4n) is 4.99. The number of carboxylic acids is 1. The third kappa shape index (κ3) is 9.41. The van der Waals surface area contributed by atoms with Crippen molar-refractivity contribution in [1.29, 1.82) is 0 Å². The number of halogens is 2. The maximum atomic E-state index is 13.2. The van der Waals surface area contributed by atoms with Crippen LogP contribution in [0.4, 0.5) is 14.5 Å². The van der Waals surface area contributed by atoms with Gasteiger partial charge in [0.05, 0.1) is 43.7 Å². The van der Waals surface area contributed by atoms with Crippen molar-refractivity contribution in [3.8, 4) is 0 Å². The zero-order valence-electron chi connectivity index (χ0n) is 25.1. The number of carbonyl (C=O) groups excluding carboxylic acids is 1. The Hall–Kier alpha value is -3.66. The Morgan fingerprint density at radius 3 is 2.07 bits per heavy atom. The van der Waals surface area contributed by atoms with Crippen LogP contribution >= 0.6 is 0 Å². The van der Waals surface area contributed by atoms with Crippen LogP contribution in [0.25, 0.3) is 0 Å². The number of β-lactam (4-membered cyclic amide) rings is 1. The average Bonchev–Trinajstić information content (AvgIpc) is 2.99. The second-order valence-electron chi connectivity index (χ2n) is 10.6. The van der Waals surface area contributed by atoms with Crippen molar-refractivity contribution in [3.63, 3.8) is 0 Å². The summed E-state index contributed by atoms with van der Waals surface area (Å²) in [6.07, 6.45) is 2.50. The maximum absolute atomic E-state index is 13.2. The van der Waals surface area contributed by atoms with Crippen molar-refractivity contribution in [2.75, 3.05) is 24.7 Å². The van der Waals surface area contributed by atoms with Gasteiger partial charge >= 0.3 is 5.97 Å². The van der Waals surface area contributed by atoms with Gasteiger partial charge in [-0.25, -0.2) is 8.78 Å². The van der Waals surface area contributed by atoms with E-state index in [9.17, 15) is 23.5 Å². The molecule has 0 aliphatic carbocycles. The van der Waals surface area contributed by atoms with E-state index in [4.69, 9.17) is 9.84 Å². The number of nitrogens with one attached hydrogen (secondary N) is 1. The Balaban J connectivity index is 0.000000327. The zero-order chi connectivity index (χ0) is 31.4. The summed E-state index contributed by atoms with van der Waals surface area (Å²) in [5.41, 5.74) is 3.32. The van der Waals surface area contributed by atoms with E-state index < -0.39 is 17.6 Å². The van der Waals surface area contributed by atoms with E-state index in [1.807, 2.05) is 32.9 Å². The van der Waals surface area contributed by atoms with Crippen molar-refractivity contribution in [3.05, 3.63) is 101 Å². The Morgan fingerprint density at radius 1 is 1.00 bits per heavy atom. The number of hydrogen-bond donors (Lipinski definition) is 3. The van der Waals surface area contributed by atoms with E-state index in [2.05, 4.69) is 17.4 Å². The molecule has 2 atom stereocenters. The molecular weight excluding hydrogens is 554 g/mol. The minimum absolute atomic E-state index is 0.0202. The second kappa shape index (κ2) is 16.3. The number of nitrogens with zero attached hydrogens (tertiary/aromatic N) is 1. The molecule has 9 heteroatoms. The smallest absolute Gasteiger partial charge is 0.305 e. The fraction of sp³-hybridized carbons (Fsp3) is 0.412. The number of carbonyl (C=O) groups is 2. The standard InChI is InChI=1S/C23H25FN2O4.C9H11FO.C2H6/c24-18-7-9-19(10-8-18)26-20(12-21(26)27)17-5-3-16(4-6-17)2-1-11-25-23(13-22(28)29)14-30-15-23;1-2-9(11)7-3-5-8(10)6-4-7;1-2/h3-10,20,25H,1-2,11-15H2,(H,28,29);3-6,9,11H,2H2,1H3;1-2H3. The highest BCUT2D eigenvalue weighted by molar-refractivity contribution is 6.01. The predicted molar refractivity (Wildman–Crippen MR) is 163 cm³/mol. The highest BCUT2D eigenvalue weighted by Crippen LogP contribution is 2.38. The fourth-order valence-corrected chi connectivity index (χ4v) is 4.99. The maximum Gasteiger partial charge on any atom is 0.305 e. The molecule has 0 saturated carbocycles. The summed E-state index contributed by atoms with van der Waals surface area (Å²) in [6.45, 7) is 7.50. The molecule has 0 radical (unpaired) electrons. The van der Waals surface area contributed by atoms with Gasteiger partial charge in [-0.3, -0.25) is 9.59 Å². The number of carboxylic acid groups (broad SMARTS) is 1. The van der Waals surface area contributed by atoms with Crippen LogP contribution in [0.3, 0.4) is 0 Å². The molecule has 3 aromatic rings. The van der Waals surface area contributed by atoms with Crippen LogP contribution in [0.2, 0.25) is 0 Å². The number of aliphatic carboxylic acids is 1. The first kappa shape index (κ1) is 33.8. The lowest BCUT2D eigenvalue weighted by Gasteiger charge is -2.41. The number of rotatable bonds is 11. The van der Waals surface area contributed by atoms with Crippen molar-refractivity contribution < 1.29 is 33.3 Å². The van der Waals surface area contributed by atoms with Crippen molar-refractivity contribution >= 4 is 17.6 Å². The molecule has 2 aliphatic rings. The number of aliphatic hydroxyl groups is 1. The Bertz CT molecular complexity index is 1300. The summed E-state index contributed by atoms with van der Waals surface area (Å²) >= 11 is 0. The van der Waals surface area contributed by atoms with Gasteiger partial charge in [-0.05, 0) is 78.9 Å². The monoisotopic (exact) mass is 596 g/mol.